The van der Waals surface area contributed by atoms with E-state index in [1.807, 2.05) is 20.0 Å². The fourth-order valence-corrected chi connectivity index (χ4v) is 3.08. The molecule has 2 rings (SSSR count). The fourth-order valence-electron chi connectivity index (χ4n) is 3.08. The zero-order valence-electron chi connectivity index (χ0n) is 14.2. The van der Waals surface area contributed by atoms with Gasteiger partial charge in [-0.1, -0.05) is 19.9 Å². The van der Waals surface area contributed by atoms with Gasteiger partial charge in [-0.25, -0.2) is 0 Å². The maximum atomic E-state index is 4.52. The molecule has 2 heterocycles. The van der Waals surface area contributed by atoms with E-state index in [1.54, 1.807) is 0 Å². The molecule has 0 aliphatic carbocycles. The second-order valence-electron chi connectivity index (χ2n) is 6.40. The number of guanidine groups is 1. The number of aromatic nitrogens is 1. The Morgan fingerprint density at radius 3 is 2.86 bits per heavy atom. The first-order chi connectivity index (χ1) is 10.1. The lowest BCUT2D eigenvalue weighted by molar-refractivity contribution is 0.403. The maximum absolute atomic E-state index is 4.52. The molecule has 5 heteroatoms. The Morgan fingerprint density at radius 1 is 1.45 bits per heavy atom. The molecule has 0 saturated carbocycles. The highest BCUT2D eigenvalue weighted by atomic mass is 127. The van der Waals surface area contributed by atoms with E-state index in [0.29, 0.717) is 0 Å². The van der Waals surface area contributed by atoms with Crippen molar-refractivity contribution in [3.05, 3.63) is 29.6 Å². The molecule has 1 fully saturated rings. The molecule has 1 aromatic heterocycles. The van der Waals surface area contributed by atoms with Crippen molar-refractivity contribution in [2.24, 2.45) is 16.8 Å². The average Bonchev–Trinajstić information content (AvgIpc) is 2.87. The third kappa shape index (κ3) is 5.74. The minimum absolute atomic E-state index is 0. The number of nitrogens with one attached hydrogen (secondary N) is 1. The van der Waals surface area contributed by atoms with Crippen molar-refractivity contribution in [2.45, 2.75) is 40.2 Å². The molecule has 1 aromatic rings. The number of hydrogen-bond donors (Lipinski definition) is 1. The van der Waals surface area contributed by atoms with E-state index in [9.17, 15) is 0 Å². The summed E-state index contributed by atoms with van der Waals surface area (Å²) in [6.45, 7) is 9.60. The van der Waals surface area contributed by atoms with Crippen LogP contribution < -0.4 is 5.32 Å². The average molecular weight is 416 g/mol. The molecule has 0 aromatic carbocycles. The highest BCUT2D eigenvalue weighted by molar-refractivity contribution is 14.0. The third-order valence-corrected chi connectivity index (χ3v) is 3.98. The number of nitrogens with zero attached hydrogens (tertiary/aromatic N) is 3. The van der Waals surface area contributed by atoms with Gasteiger partial charge in [0.15, 0.2) is 5.96 Å². The molecule has 22 heavy (non-hydrogen) atoms. The Bertz CT molecular complexity index is 487. The smallest absolute Gasteiger partial charge is 0.193 e. The first-order valence-electron chi connectivity index (χ1n) is 7.96. The number of aliphatic imine (C=N–C) groups is 1. The molecule has 1 saturated heterocycles. The van der Waals surface area contributed by atoms with Crippen LogP contribution in [0, 0.1) is 18.8 Å². The summed E-state index contributed by atoms with van der Waals surface area (Å²) in [6, 6.07) is 6.13. The molecule has 0 amide bonds. The first-order valence-corrected chi connectivity index (χ1v) is 7.96. The number of likely N-dealkylation sites (tertiary alicyclic amines) is 1. The molecule has 1 aliphatic rings. The molecule has 1 aliphatic heterocycles. The van der Waals surface area contributed by atoms with Gasteiger partial charge >= 0.3 is 0 Å². The van der Waals surface area contributed by atoms with E-state index in [4.69, 9.17) is 0 Å². The monoisotopic (exact) mass is 416 g/mol. The van der Waals surface area contributed by atoms with E-state index >= 15 is 0 Å². The predicted molar refractivity (Wildman–Crippen MR) is 104 cm³/mol. The zero-order valence-corrected chi connectivity index (χ0v) is 16.5. The molecule has 1 unspecified atom stereocenters. The lowest BCUT2D eigenvalue weighted by atomic mass is 9.97. The van der Waals surface area contributed by atoms with Crippen molar-refractivity contribution < 1.29 is 0 Å². The minimum Gasteiger partial charge on any atom is -0.351 e. The van der Waals surface area contributed by atoms with Crippen molar-refractivity contribution in [3.63, 3.8) is 0 Å². The summed E-state index contributed by atoms with van der Waals surface area (Å²) in [4.78, 5) is 11.3. The highest BCUT2D eigenvalue weighted by Crippen LogP contribution is 2.23. The third-order valence-electron chi connectivity index (χ3n) is 3.98. The molecule has 4 nitrogen and oxygen atoms in total. The summed E-state index contributed by atoms with van der Waals surface area (Å²) in [5.41, 5.74) is 2.12. The summed E-state index contributed by atoms with van der Waals surface area (Å²) in [5.74, 6) is 2.59. The second-order valence-corrected chi connectivity index (χ2v) is 6.40. The molecule has 1 atom stereocenters. The largest absolute Gasteiger partial charge is 0.351 e. The summed E-state index contributed by atoms with van der Waals surface area (Å²) in [5, 5.41) is 3.44. The van der Waals surface area contributed by atoms with Crippen LogP contribution in [0.2, 0.25) is 0 Å². The van der Waals surface area contributed by atoms with Crippen LogP contribution in [-0.4, -0.2) is 36.0 Å². The van der Waals surface area contributed by atoms with E-state index in [1.165, 1.54) is 12.8 Å². The van der Waals surface area contributed by atoms with Crippen LogP contribution in [0.5, 0.6) is 0 Å². The summed E-state index contributed by atoms with van der Waals surface area (Å²) in [6.07, 6.45) is 2.59. The topological polar surface area (TPSA) is 40.5 Å². The standard InChI is InChI=1S/C17H28N4.HI/c1-13(2)10-15-8-9-21(12-15)17(18-4)19-11-16-7-5-6-14(3)20-16;/h5-7,13,15H,8-12H2,1-4H3,(H,18,19);1H. The van der Waals surface area contributed by atoms with Crippen molar-refractivity contribution in [3.8, 4) is 0 Å². The Labute approximate surface area is 151 Å². The van der Waals surface area contributed by atoms with Gasteiger partial charge in [0.2, 0.25) is 0 Å². The van der Waals surface area contributed by atoms with Gasteiger partial charge < -0.3 is 10.2 Å². The molecule has 0 radical (unpaired) electrons. The normalized spacial score (nSPS) is 18.5. The van der Waals surface area contributed by atoms with E-state index in [-0.39, 0.29) is 24.0 Å². The van der Waals surface area contributed by atoms with Crippen LogP contribution >= 0.6 is 24.0 Å². The lowest BCUT2D eigenvalue weighted by Crippen LogP contribution is -2.39. The second kappa shape index (κ2) is 9.33. The van der Waals surface area contributed by atoms with Gasteiger partial charge in [-0.3, -0.25) is 9.98 Å². The predicted octanol–water partition coefficient (Wildman–Crippen LogP) is 3.45. The number of halogens is 1. The summed E-state index contributed by atoms with van der Waals surface area (Å²) < 4.78 is 0. The minimum atomic E-state index is 0. The molecular weight excluding hydrogens is 387 g/mol. The van der Waals surface area contributed by atoms with Crippen molar-refractivity contribution in [1.82, 2.24) is 15.2 Å². The van der Waals surface area contributed by atoms with Crippen molar-refractivity contribution in [2.75, 3.05) is 20.1 Å². The molecule has 0 bridgehead atoms. The molecule has 0 spiro atoms. The Kier molecular flexibility index (Phi) is 8.14. The van der Waals surface area contributed by atoms with Gasteiger partial charge in [0.1, 0.15) is 0 Å². The van der Waals surface area contributed by atoms with Crippen molar-refractivity contribution in [1.29, 1.82) is 0 Å². The quantitative estimate of drug-likeness (QED) is 0.465. The van der Waals surface area contributed by atoms with Gasteiger partial charge in [0.25, 0.3) is 0 Å². The number of rotatable bonds is 4. The Hall–Kier alpha value is -0.850. The van der Waals surface area contributed by atoms with E-state index < -0.39 is 0 Å². The fraction of sp³-hybridized carbons (Fsp3) is 0.647. The van der Waals surface area contributed by atoms with Crippen LogP contribution in [0.25, 0.3) is 0 Å². The number of pyridine rings is 1. The van der Waals surface area contributed by atoms with Crippen LogP contribution in [0.1, 0.15) is 38.1 Å². The number of aryl methyl sites for hydroxylation is 1. The maximum Gasteiger partial charge on any atom is 0.193 e. The van der Waals surface area contributed by atoms with Gasteiger partial charge in [-0.15, -0.1) is 24.0 Å². The molecular formula is C17H29IN4. The Morgan fingerprint density at radius 2 is 2.23 bits per heavy atom. The van der Waals surface area contributed by atoms with Gasteiger partial charge in [-0.05, 0) is 43.7 Å². The van der Waals surface area contributed by atoms with Crippen LogP contribution in [0.4, 0.5) is 0 Å². The Balaban J connectivity index is 0.00000242. The lowest BCUT2D eigenvalue weighted by Gasteiger charge is -2.22. The molecule has 1 N–H and O–H groups in total. The molecule has 124 valence electrons. The van der Waals surface area contributed by atoms with Crippen LogP contribution in [0.15, 0.2) is 23.2 Å². The van der Waals surface area contributed by atoms with Gasteiger partial charge in [-0.2, -0.15) is 0 Å². The number of hydrogen-bond acceptors (Lipinski definition) is 2. The summed E-state index contributed by atoms with van der Waals surface area (Å²) >= 11 is 0. The van der Waals surface area contributed by atoms with Crippen LogP contribution in [0.3, 0.4) is 0 Å². The zero-order chi connectivity index (χ0) is 15.2. The van der Waals surface area contributed by atoms with E-state index in [0.717, 1.165) is 48.8 Å². The first kappa shape index (κ1) is 19.2. The van der Waals surface area contributed by atoms with Gasteiger partial charge in [0.05, 0.1) is 12.2 Å². The van der Waals surface area contributed by atoms with Gasteiger partial charge in [0, 0.05) is 25.8 Å². The van der Waals surface area contributed by atoms with Crippen molar-refractivity contribution >= 4 is 29.9 Å². The van der Waals surface area contributed by atoms with E-state index in [2.05, 4.69) is 46.2 Å². The summed E-state index contributed by atoms with van der Waals surface area (Å²) in [7, 11) is 1.86. The SMILES string of the molecule is CN=C(NCc1cccc(C)n1)N1CCC(CC(C)C)C1.I. The highest BCUT2D eigenvalue weighted by Gasteiger charge is 2.25. The van der Waals surface area contributed by atoms with Crippen LogP contribution in [-0.2, 0) is 6.54 Å².